The summed E-state index contributed by atoms with van der Waals surface area (Å²) in [6, 6.07) is 12.2. The van der Waals surface area contributed by atoms with Gasteiger partial charge in [-0.25, -0.2) is 9.78 Å². The summed E-state index contributed by atoms with van der Waals surface area (Å²) in [5.74, 6) is 1.18. The van der Waals surface area contributed by atoms with E-state index in [-0.39, 0.29) is 5.92 Å². The number of hydrogen-bond acceptors (Lipinski definition) is 9. The standard InChI is InChI=1S/C24H28N6O3/c1-16(2)22(25)23(31)33-19-7-3-5-17(13-19)20-14-21(27-18-6-4-8-26-15-18)29-24(28-20)30-9-11-32-12-10-30/h3-8,13-16,22H,9-12,25H2,1-2H3,(H,27,28,29)/t22-/m0/s1. The zero-order valence-corrected chi connectivity index (χ0v) is 18.8. The van der Waals surface area contributed by atoms with Gasteiger partial charge in [0, 0.05) is 30.9 Å². The molecule has 3 N–H and O–H groups in total. The van der Waals surface area contributed by atoms with Crippen LogP contribution in [0.25, 0.3) is 11.3 Å². The maximum absolute atomic E-state index is 12.3. The fourth-order valence-corrected chi connectivity index (χ4v) is 3.31. The second-order valence-electron chi connectivity index (χ2n) is 8.12. The lowest BCUT2D eigenvalue weighted by Crippen LogP contribution is -2.38. The van der Waals surface area contributed by atoms with Crippen molar-refractivity contribution in [2.24, 2.45) is 11.7 Å². The molecular formula is C24H28N6O3. The van der Waals surface area contributed by atoms with Crippen LogP contribution in [-0.4, -0.2) is 53.3 Å². The molecule has 0 aliphatic carbocycles. The minimum absolute atomic E-state index is 0.0141. The molecule has 0 amide bonds. The smallest absolute Gasteiger partial charge is 0.328 e. The van der Waals surface area contributed by atoms with Crippen LogP contribution in [0, 0.1) is 5.92 Å². The van der Waals surface area contributed by atoms with Gasteiger partial charge in [0.1, 0.15) is 17.6 Å². The number of ether oxygens (including phenoxy) is 2. The van der Waals surface area contributed by atoms with Gasteiger partial charge in [0.15, 0.2) is 0 Å². The first kappa shape index (κ1) is 22.6. The molecule has 9 heteroatoms. The van der Waals surface area contributed by atoms with E-state index in [1.807, 2.05) is 44.2 Å². The summed E-state index contributed by atoms with van der Waals surface area (Å²) in [5, 5.41) is 3.29. The molecule has 172 valence electrons. The second kappa shape index (κ2) is 10.4. The first-order chi connectivity index (χ1) is 16.0. The number of carbonyl (C=O) groups excluding carboxylic acids is 1. The van der Waals surface area contributed by atoms with Crippen molar-refractivity contribution in [3.8, 4) is 17.0 Å². The van der Waals surface area contributed by atoms with Crippen molar-refractivity contribution in [2.75, 3.05) is 36.5 Å². The van der Waals surface area contributed by atoms with E-state index >= 15 is 0 Å². The monoisotopic (exact) mass is 448 g/mol. The molecule has 1 atom stereocenters. The number of hydrogen-bond donors (Lipinski definition) is 2. The molecule has 2 aromatic heterocycles. The number of esters is 1. The Balaban J connectivity index is 1.65. The molecule has 1 aliphatic rings. The minimum Gasteiger partial charge on any atom is -0.425 e. The molecule has 3 heterocycles. The second-order valence-corrected chi connectivity index (χ2v) is 8.12. The lowest BCUT2D eigenvalue weighted by Gasteiger charge is -2.27. The maximum atomic E-state index is 12.3. The van der Waals surface area contributed by atoms with E-state index in [0.717, 1.165) is 11.3 Å². The lowest BCUT2D eigenvalue weighted by molar-refractivity contribution is -0.136. The number of benzene rings is 1. The van der Waals surface area contributed by atoms with Gasteiger partial charge >= 0.3 is 5.97 Å². The Bertz CT molecular complexity index is 1090. The van der Waals surface area contributed by atoms with Crippen LogP contribution >= 0.6 is 0 Å². The molecule has 1 aromatic carbocycles. The average molecular weight is 449 g/mol. The molecule has 0 spiro atoms. The molecule has 9 nitrogen and oxygen atoms in total. The van der Waals surface area contributed by atoms with Crippen molar-refractivity contribution in [1.29, 1.82) is 0 Å². The predicted molar refractivity (Wildman–Crippen MR) is 126 cm³/mol. The number of nitrogens with one attached hydrogen (secondary N) is 1. The number of anilines is 3. The van der Waals surface area contributed by atoms with Crippen molar-refractivity contribution in [3.63, 3.8) is 0 Å². The molecule has 3 aromatic rings. The highest BCUT2D eigenvalue weighted by molar-refractivity contribution is 5.79. The summed E-state index contributed by atoms with van der Waals surface area (Å²) in [7, 11) is 0. The highest BCUT2D eigenvalue weighted by Gasteiger charge is 2.20. The average Bonchev–Trinajstić information content (AvgIpc) is 2.84. The van der Waals surface area contributed by atoms with Gasteiger partial charge in [-0.1, -0.05) is 26.0 Å². The number of aromatic nitrogens is 3. The molecule has 0 unspecified atom stereocenters. The van der Waals surface area contributed by atoms with Crippen LogP contribution in [0.15, 0.2) is 54.9 Å². The minimum atomic E-state index is -0.684. The number of pyridine rings is 1. The van der Waals surface area contributed by atoms with Crippen LogP contribution in [0.4, 0.5) is 17.5 Å². The van der Waals surface area contributed by atoms with Crippen molar-refractivity contribution in [3.05, 3.63) is 54.9 Å². The number of morpholine rings is 1. The summed E-state index contributed by atoms with van der Waals surface area (Å²) >= 11 is 0. The Labute approximate surface area is 193 Å². The van der Waals surface area contributed by atoms with Gasteiger partial charge in [0.25, 0.3) is 0 Å². The highest BCUT2D eigenvalue weighted by Crippen LogP contribution is 2.28. The van der Waals surface area contributed by atoms with Crippen molar-refractivity contribution >= 4 is 23.4 Å². The first-order valence-electron chi connectivity index (χ1n) is 11.0. The topological polar surface area (TPSA) is 115 Å². The molecule has 1 fully saturated rings. The van der Waals surface area contributed by atoms with Gasteiger partial charge in [0.05, 0.1) is 30.8 Å². The SMILES string of the molecule is CC(C)[C@H](N)C(=O)Oc1cccc(-c2cc(Nc3cccnc3)nc(N3CCOCC3)n2)c1. The molecule has 33 heavy (non-hydrogen) atoms. The van der Waals surface area contributed by atoms with Crippen LogP contribution in [-0.2, 0) is 9.53 Å². The van der Waals surface area contributed by atoms with Crippen molar-refractivity contribution in [2.45, 2.75) is 19.9 Å². The highest BCUT2D eigenvalue weighted by atomic mass is 16.5. The van der Waals surface area contributed by atoms with Crippen molar-refractivity contribution in [1.82, 2.24) is 15.0 Å². The van der Waals surface area contributed by atoms with Gasteiger partial charge in [0.2, 0.25) is 5.95 Å². The van der Waals surface area contributed by atoms with E-state index in [9.17, 15) is 4.79 Å². The van der Waals surface area contributed by atoms with Crippen LogP contribution < -0.4 is 20.7 Å². The van der Waals surface area contributed by atoms with Crippen LogP contribution in [0.5, 0.6) is 5.75 Å². The number of carbonyl (C=O) groups is 1. The van der Waals surface area contributed by atoms with Gasteiger partial charge in [-0.15, -0.1) is 0 Å². The van der Waals surface area contributed by atoms with Crippen LogP contribution in [0.2, 0.25) is 0 Å². The maximum Gasteiger partial charge on any atom is 0.328 e. The Morgan fingerprint density at radius 2 is 1.97 bits per heavy atom. The van der Waals surface area contributed by atoms with Gasteiger partial charge in [-0.2, -0.15) is 4.98 Å². The third kappa shape index (κ3) is 5.82. The van der Waals surface area contributed by atoms with Gasteiger partial charge < -0.3 is 25.4 Å². The largest absolute Gasteiger partial charge is 0.425 e. The summed E-state index contributed by atoms with van der Waals surface area (Å²) in [6.45, 7) is 6.43. The van der Waals surface area contributed by atoms with E-state index < -0.39 is 12.0 Å². The summed E-state index contributed by atoms with van der Waals surface area (Å²) in [4.78, 5) is 28.1. The Hall–Kier alpha value is -3.56. The third-order valence-corrected chi connectivity index (χ3v) is 5.28. The molecular weight excluding hydrogens is 420 g/mol. The van der Waals surface area contributed by atoms with E-state index in [0.29, 0.717) is 49.5 Å². The molecule has 0 radical (unpaired) electrons. The Kier molecular flexibility index (Phi) is 7.11. The fourth-order valence-electron chi connectivity index (χ4n) is 3.31. The number of rotatable bonds is 7. The molecule has 1 aliphatic heterocycles. The van der Waals surface area contributed by atoms with Crippen molar-refractivity contribution < 1.29 is 14.3 Å². The molecule has 1 saturated heterocycles. The summed E-state index contributed by atoms with van der Waals surface area (Å²) in [6.07, 6.45) is 3.45. The quantitative estimate of drug-likeness (QED) is 0.416. The molecule has 4 rings (SSSR count). The van der Waals surface area contributed by atoms with E-state index in [1.165, 1.54) is 0 Å². The third-order valence-electron chi connectivity index (χ3n) is 5.28. The van der Waals surface area contributed by atoms with Crippen LogP contribution in [0.1, 0.15) is 13.8 Å². The van der Waals surface area contributed by atoms with E-state index in [1.54, 1.807) is 24.5 Å². The Morgan fingerprint density at radius 3 is 2.70 bits per heavy atom. The Morgan fingerprint density at radius 1 is 1.15 bits per heavy atom. The number of nitrogens with two attached hydrogens (primary N) is 1. The number of nitrogens with zero attached hydrogens (tertiary/aromatic N) is 4. The molecule has 0 saturated carbocycles. The van der Waals surface area contributed by atoms with Crippen LogP contribution in [0.3, 0.4) is 0 Å². The normalized spacial score (nSPS) is 14.7. The zero-order valence-electron chi connectivity index (χ0n) is 18.8. The van der Waals surface area contributed by atoms with Gasteiger partial charge in [-0.3, -0.25) is 4.98 Å². The summed E-state index contributed by atoms with van der Waals surface area (Å²) < 4.78 is 11.0. The molecule has 0 bridgehead atoms. The van der Waals surface area contributed by atoms with Gasteiger partial charge in [-0.05, 0) is 30.2 Å². The summed E-state index contributed by atoms with van der Waals surface area (Å²) in [5.41, 5.74) is 8.24. The fraction of sp³-hybridized carbons (Fsp3) is 0.333. The predicted octanol–water partition coefficient (Wildman–Crippen LogP) is 3.01. The zero-order chi connectivity index (χ0) is 23.2. The van der Waals surface area contributed by atoms with E-state index in [4.69, 9.17) is 25.2 Å². The van der Waals surface area contributed by atoms with E-state index in [2.05, 4.69) is 15.2 Å². The first-order valence-corrected chi connectivity index (χ1v) is 11.0. The lowest BCUT2D eigenvalue weighted by atomic mass is 10.1.